The van der Waals surface area contributed by atoms with Crippen LogP contribution >= 0.6 is 0 Å². The summed E-state index contributed by atoms with van der Waals surface area (Å²) in [7, 11) is 0. The summed E-state index contributed by atoms with van der Waals surface area (Å²) in [5.74, 6) is -0.0816. The smallest absolute Gasteiger partial charge is 0.224 e. The van der Waals surface area contributed by atoms with Crippen LogP contribution in [0, 0.1) is 0 Å². The summed E-state index contributed by atoms with van der Waals surface area (Å²) in [6.07, 6.45) is 2.57. The van der Waals surface area contributed by atoms with Crippen LogP contribution in [0.1, 0.15) is 79.2 Å². The summed E-state index contributed by atoms with van der Waals surface area (Å²) in [5, 5.41) is 15.4. The van der Waals surface area contributed by atoms with E-state index in [9.17, 15) is 14.7 Å². The second kappa shape index (κ2) is 18.3. The van der Waals surface area contributed by atoms with Crippen LogP contribution in [0.3, 0.4) is 0 Å². The first-order chi connectivity index (χ1) is 23.4. The van der Waals surface area contributed by atoms with Crippen molar-refractivity contribution in [2.45, 2.75) is 77.2 Å². The molecule has 252 valence electrons. The van der Waals surface area contributed by atoms with Gasteiger partial charge in [0, 0.05) is 57.2 Å². The number of ether oxygens (including phenoxy) is 2. The summed E-state index contributed by atoms with van der Waals surface area (Å²) in [5.41, 5.74) is 5.90. The van der Waals surface area contributed by atoms with Crippen molar-refractivity contribution in [2.24, 2.45) is 0 Å². The summed E-state index contributed by atoms with van der Waals surface area (Å²) >= 11 is 0. The van der Waals surface area contributed by atoms with Crippen LogP contribution < -0.4 is 10.6 Å². The van der Waals surface area contributed by atoms with Gasteiger partial charge in [-0.25, -0.2) is 0 Å². The third-order valence-corrected chi connectivity index (χ3v) is 8.47. The molecular weight excluding hydrogens is 602 g/mol. The lowest BCUT2D eigenvalue weighted by Gasteiger charge is -2.38. The van der Waals surface area contributed by atoms with Gasteiger partial charge >= 0.3 is 0 Å². The van der Waals surface area contributed by atoms with Crippen molar-refractivity contribution in [3.05, 3.63) is 137 Å². The van der Waals surface area contributed by atoms with Crippen LogP contribution in [-0.2, 0) is 38.8 Å². The zero-order chi connectivity index (χ0) is 33.6. The van der Waals surface area contributed by atoms with Crippen molar-refractivity contribution in [3.63, 3.8) is 0 Å². The van der Waals surface area contributed by atoms with Gasteiger partial charge in [-0.15, -0.1) is 0 Å². The Labute approximate surface area is 284 Å². The Balaban J connectivity index is 1.30. The van der Waals surface area contributed by atoms with Crippen LogP contribution in [0.2, 0.25) is 0 Å². The van der Waals surface area contributed by atoms with Gasteiger partial charge in [0.05, 0.1) is 18.8 Å². The van der Waals surface area contributed by atoms with Crippen LogP contribution in [0.5, 0.6) is 0 Å². The van der Waals surface area contributed by atoms with Crippen LogP contribution in [0.4, 0.5) is 5.69 Å². The van der Waals surface area contributed by atoms with Crippen molar-refractivity contribution in [3.8, 4) is 0 Å². The molecule has 48 heavy (non-hydrogen) atoms. The molecule has 0 spiro atoms. The van der Waals surface area contributed by atoms with Gasteiger partial charge in [-0.05, 0) is 47.2 Å². The number of anilines is 1. The van der Waals surface area contributed by atoms with E-state index in [0.29, 0.717) is 31.6 Å². The molecule has 0 aliphatic carbocycles. The predicted molar refractivity (Wildman–Crippen MR) is 188 cm³/mol. The highest BCUT2D eigenvalue weighted by molar-refractivity contribution is 5.90. The molecule has 4 aromatic rings. The minimum absolute atomic E-state index is 0.0102. The molecule has 1 fully saturated rings. The molecule has 1 aliphatic rings. The molecule has 5 rings (SSSR count). The first-order valence-corrected chi connectivity index (χ1v) is 16.9. The van der Waals surface area contributed by atoms with Crippen molar-refractivity contribution in [1.29, 1.82) is 0 Å². The number of nitrogens with one attached hydrogen (secondary N) is 2. The molecule has 3 atom stereocenters. The Morgan fingerprint density at radius 2 is 1.46 bits per heavy atom. The minimum atomic E-state index is -0.632. The highest BCUT2D eigenvalue weighted by Crippen LogP contribution is 2.39. The number of aliphatic hydroxyl groups is 1. The largest absolute Gasteiger partial charge is 0.392 e. The van der Waals surface area contributed by atoms with E-state index in [0.717, 1.165) is 49.0 Å². The average Bonchev–Trinajstić information content (AvgIpc) is 3.10. The highest BCUT2D eigenvalue weighted by atomic mass is 16.7. The van der Waals surface area contributed by atoms with Crippen molar-refractivity contribution in [1.82, 2.24) is 10.2 Å². The van der Waals surface area contributed by atoms with Gasteiger partial charge in [-0.1, -0.05) is 103 Å². The van der Waals surface area contributed by atoms with Gasteiger partial charge in [-0.3, -0.25) is 14.5 Å². The van der Waals surface area contributed by atoms with Crippen LogP contribution in [-0.4, -0.2) is 41.0 Å². The number of unbranched alkanes of at least 4 members (excludes halogenated alkanes) is 2. The molecule has 0 saturated carbocycles. The minimum Gasteiger partial charge on any atom is -0.392 e. The van der Waals surface area contributed by atoms with Gasteiger partial charge < -0.3 is 25.2 Å². The van der Waals surface area contributed by atoms with E-state index in [2.05, 4.69) is 64.1 Å². The van der Waals surface area contributed by atoms with E-state index in [-0.39, 0.29) is 30.6 Å². The zero-order valence-corrected chi connectivity index (χ0v) is 27.7. The lowest BCUT2D eigenvalue weighted by atomic mass is 9.99. The van der Waals surface area contributed by atoms with Gasteiger partial charge in [0.25, 0.3) is 0 Å². The van der Waals surface area contributed by atoms with E-state index in [4.69, 9.17) is 9.47 Å². The van der Waals surface area contributed by atoms with E-state index < -0.39 is 6.29 Å². The lowest BCUT2D eigenvalue weighted by Crippen LogP contribution is -2.39. The molecule has 1 heterocycles. The van der Waals surface area contributed by atoms with Gasteiger partial charge in [0.15, 0.2) is 6.29 Å². The van der Waals surface area contributed by atoms with Crippen molar-refractivity contribution < 1.29 is 24.2 Å². The van der Waals surface area contributed by atoms with E-state index in [1.807, 2.05) is 60.7 Å². The monoisotopic (exact) mass is 649 g/mol. The molecule has 8 heteroatoms. The van der Waals surface area contributed by atoms with Gasteiger partial charge in [0.1, 0.15) is 0 Å². The molecule has 0 unspecified atom stereocenters. The fourth-order valence-corrected chi connectivity index (χ4v) is 6.03. The normalized spacial score (nSPS) is 17.6. The third kappa shape index (κ3) is 11.1. The van der Waals surface area contributed by atoms with Crippen LogP contribution in [0.25, 0.3) is 0 Å². The second-order valence-electron chi connectivity index (χ2n) is 12.5. The Morgan fingerprint density at radius 1 is 0.771 bits per heavy atom. The lowest BCUT2D eigenvalue weighted by molar-refractivity contribution is -0.253. The summed E-state index contributed by atoms with van der Waals surface area (Å²) in [4.78, 5) is 26.2. The van der Waals surface area contributed by atoms with E-state index >= 15 is 0 Å². The average molecular weight is 650 g/mol. The third-order valence-electron chi connectivity index (χ3n) is 8.47. The number of benzene rings is 4. The summed E-state index contributed by atoms with van der Waals surface area (Å²) in [6.45, 7) is 4.39. The number of hydrogen-bond donors (Lipinski definition) is 3. The maximum atomic E-state index is 12.7. The molecule has 3 N–H and O–H groups in total. The summed E-state index contributed by atoms with van der Waals surface area (Å²) in [6, 6.07) is 36.6. The molecule has 1 saturated heterocycles. The number of amides is 2. The zero-order valence-electron chi connectivity index (χ0n) is 27.7. The summed E-state index contributed by atoms with van der Waals surface area (Å²) < 4.78 is 13.3. The Morgan fingerprint density at radius 3 is 2.10 bits per heavy atom. The van der Waals surface area contributed by atoms with Crippen LogP contribution in [0.15, 0.2) is 109 Å². The molecule has 2 amide bonds. The molecule has 0 radical (unpaired) electrons. The second-order valence-corrected chi connectivity index (χ2v) is 12.5. The van der Waals surface area contributed by atoms with Gasteiger partial charge in [-0.2, -0.15) is 0 Å². The van der Waals surface area contributed by atoms with Crippen molar-refractivity contribution >= 4 is 17.5 Å². The standard InChI is InChI=1S/C40H47N3O5/c1-30(45)41-23-10-4-9-18-39(46)42-36-17-11-16-35(24-36)40-47-37(25-38(48-40)34-21-19-33(29-44)20-22-34)28-43(26-31-12-5-2-6-13-31)27-32-14-7-3-8-15-32/h2-3,5-8,11-17,19-22,24,37-38,40,44H,4,9-10,18,23,25-29H2,1H3,(H,41,45)(H,42,46)/t37-,38+,40+/m0/s1. The quantitative estimate of drug-likeness (QED) is 0.112. The maximum Gasteiger partial charge on any atom is 0.224 e. The Hall–Kier alpha value is -4.34. The number of hydrogen-bond acceptors (Lipinski definition) is 6. The topological polar surface area (TPSA) is 100 Å². The molecule has 1 aliphatic heterocycles. The molecule has 4 aromatic carbocycles. The van der Waals surface area contributed by atoms with Gasteiger partial charge in [0.2, 0.25) is 11.8 Å². The Bertz CT molecular complexity index is 1520. The highest BCUT2D eigenvalue weighted by Gasteiger charge is 2.33. The molecule has 8 nitrogen and oxygen atoms in total. The molecular formula is C40H47N3O5. The Kier molecular flexibility index (Phi) is 13.3. The SMILES string of the molecule is CC(=O)NCCCCCC(=O)Nc1cccc([C@@H]2O[C@H](CN(Cc3ccccc3)Cc3ccccc3)C[C@H](c3ccc(CO)cc3)O2)c1. The predicted octanol–water partition coefficient (Wildman–Crippen LogP) is 7.06. The van der Waals surface area contributed by atoms with E-state index in [1.165, 1.54) is 18.1 Å². The van der Waals surface area contributed by atoms with Crippen molar-refractivity contribution in [2.75, 3.05) is 18.4 Å². The fraction of sp³-hybridized carbons (Fsp3) is 0.350. The number of nitrogens with zero attached hydrogens (tertiary/aromatic N) is 1. The maximum absolute atomic E-state index is 12.7. The molecule has 0 aromatic heterocycles. The number of rotatable bonds is 16. The first kappa shape index (κ1) is 35.0. The van der Waals surface area contributed by atoms with E-state index in [1.54, 1.807) is 0 Å². The number of carbonyl (C=O) groups is 2. The first-order valence-electron chi connectivity index (χ1n) is 16.9. The number of carbonyl (C=O) groups excluding carboxylic acids is 2. The molecule has 0 bridgehead atoms. The number of aliphatic hydroxyl groups excluding tert-OH is 1. The fourth-order valence-electron chi connectivity index (χ4n) is 6.03.